The molecule has 0 saturated carbocycles. The first-order valence-electron chi connectivity index (χ1n) is 3.66. The minimum atomic E-state index is -1.45. The van der Waals surface area contributed by atoms with Gasteiger partial charge in [0.15, 0.2) is 0 Å². The van der Waals surface area contributed by atoms with E-state index in [0.29, 0.717) is 0 Å². The van der Waals surface area contributed by atoms with Crippen LogP contribution in [0.5, 0.6) is 0 Å². The maximum Gasteiger partial charge on any atom is 0.394 e. The van der Waals surface area contributed by atoms with Crippen LogP contribution < -0.4 is 5.32 Å². The fourth-order valence-corrected chi connectivity index (χ4v) is 1.65. The molecule has 0 unspecified atom stereocenters. The molecule has 4 nitrogen and oxygen atoms in total. The second-order valence-electron chi connectivity index (χ2n) is 2.50. The topological polar surface area (TPSA) is 66.4 Å². The standard InChI is InChI=1S/C8H9NO3S/c1-5-2-3-6(13-5)4-9-7(10)8(11)12/h2-3H,4H2,1H3,(H,9,10)(H,11,12). The van der Waals surface area contributed by atoms with E-state index in [1.165, 1.54) is 11.3 Å². The summed E-state index contributed by atoms with van der Waals surface area (Å²) in [6, 6.07) is 3.79. The largest absolute Gasteiger partial charge is 0.474 e. The average molecular weight is 199 g/mol. The molecule has 1 aromatic rings. The Morgan fingerprint density at radius 1 is 1.54 bits per heavy atom. The number of aryl methyl sites for hydroxylation is 1. The van der Waals surface area contributed by atoms with Crippen LogP contribution in [0.25, 0.3) is 0 Å². The second-order valence-corrected chi connectivity index (χ2v) is 3.87. The van der Waals surface area contributed by atoms with Crippen LogP contribution in [0.4, 0.5) is 0 Å². The molecule has 1 aromatic heterocycles. The molecule has 1 rings (SSSR count). The average Bonchev–Trinajstić information content (AvgIpc) is 2.47. The van der Waals surface area contributed by atoms with Gasteiger partial charge < -0.3 is 10.4 Å². The number of carboxylic acids is 1. The van der Waals surface area contributed by atoms with Gasteiger partial charge in [0.25, 0.3) is 0 Å². The molecule has 0 fully saturated rings. The molecule has 13 heavy (non-hydrogen) atoms. The molecule has 0 saturated heterocycles. The number of hydrogen-bond acceptors (Lipinski definition) is 3. The highest BCUT2D eigenvalue weighted by molar-refractivity contribution is 7.11. The summed E-state index contributed by atoms with van der Waals surface area (Å²) in [5, 5.41) is 10.5. The Bertz CT molecular complexity index is 332. The van der Waals surface area contributed by atoms with Crippen LogP contribution in [-0.4, -0.2) is 17.0 Å². The van der Waals surface area contributed by atoms with Crippen LogP contribution in [0.3, 0.4) is 0 Å². The van der Waals surface area contributed by atoms with E-state index in [4.69, 9.17) is 5.11 Å². The Hall–Kier alpha value is -1.36. The number of rotatable bonds is 2. The highest BCUT2D eigenvalue weighted by Crippen LogP contribution is 2.14. The highest BCUT2D eigenvalue weighted by atomic mass is 32.1. The maximum atomic E-state index is 10.6. The third kappa shape index (κ3) is 2.87. The van der Waals surface area contributed by atoms with Crippen molar-refractivity contribution in [3.05, 3.63) is 21.9 Å². The molecule has 5 heteroatoms. The van der Waals surface area contributed by atoms with Crippen LogP contribution in [-0.2, 0) is 16.1 Å². The van der Waals surface area contributed by atoms with Gasteiger partial charge in [-0.25, -0.2) is 4.79 Å². The lowest BCUT2D eigenvalue weighted by atomic mass is 10.4. The summed E-state index contributed by atoms with van der Waals surface area (Å²) < 4.78 is 0. The zero-order valence-electron chi connectivity index (χ0n) is 7.03. The van der Waals surface area contributed by atoms with Crippen molar-refractivity contribution in [2.75, 3.05) is 0 Å². The number of carboxylic acid groups (broad SMARTS) is 1. The van der Waals surface area contributed by atoms with E-state index < -0.39 is 11.9 Å². The van der Waals surface area contributed by atoms with Crippen molar-refractivity contribution in [3.63, 3.8) is 0 Å². The van der Waals surface area contributed by atoms with Crippen LogP contribution >= 0.6 is 11.3 Å². The van der Waals surface area contributed by atoms with Crippen LogP contribution in [0.15, 0.2) is 12.1 Å². The summed E-state index contributed by atoms with van der Waals surface area (Å²) in [7, 11) is 0. The molecule has 0 radical (unpaired) electrons. The van der Waals surface area contributed by atoms with Crippen molar-refractivity contribution in [1.82, 2.24) is 5.32 Å². The van der Waals surface area contributed by atoms with Gasteiger partial charge in [-0.3, -0.25) is 4.79 Å². The van der Waals surface area contributed by atoms with E-state index in [1.807, 2.05) is 19.1 Å². The molecule has 1 amide bonds. The maximum absolute atomic E-state index is 10.6. The summed E-state index contributed by atoms with van der Waals surface area (Å²) >= 11 is 1.53. The minimum absolute atomic E-state index is 0.281. The molecule has 0 bridgehead atoms. The smallest absolute Gasteiger partial charge is 0.394 e. The van der Waals surface area contributed by atoms with Gasteiger partial charge in [0.2, 0.25) is 0 Å². The van der Waals surface area contributed by atoms with Crippen LogP contribution in [0.1, 0.15) is 9.75 Å². The van der Waals surface area contributed by atoms with Crippen molar-refractivity contribution >= 4 is 23.2 Å². The molecular formula is C8H9NO3S. The zero-order chi connectivity index (χ0) is 9.84. The first-order chi connectivity index (χ1) is 6.09. The number of aliphatic carboxylic acids is 1. The predicted molar refractivity (Wildman–Crippen MR) is 48.5 cm³/mol. The van der Waals surface area contributed by atoms with E-state index >= 15 is 0 Å². The molecule has 0 aliphatic rings. The molecule has 0 aliphatic heterocycles. The minimum Gasteiger partial charge on any atom is -0.474 e. The van der Waals surface area contributed by atoms with Gasteiger partial charge in [-0.05, 0) is 19.1 Å². The van der Waals surface area contributed by atoms with Crippen LogP contribution in [0.2, 0.25) is 0 Å². The Kier molecular flexibility index (Phi) is 3.02. The van der Waals surface area contributed by atoms with Gasteiger partial charge in [-0.15, -0.1) is 11.3 Å². The summed E-state index contributed by atoms with van der Waals surface area (Å²) in [5.41, 5.74) is 0. The molecule has 0 aromatic carbocycles. The van der Waals surface area contributed by atoms with Gasteiger partial charge in [-0.1, -0.05) is 0 Å². The summed E-state index contributed by atoms with van der Waals surface area (Å²) in [4.78, 5) is 22.8. The lowest BCUT2D eigenvalue weighted by Crippen LogP contribution is -2.29. The molecule has 70 valence electrons. The molecule has 0 aliphatic carbocycles. The van der Waals surface area contributed by atoms with Crippen molar-refractivity contribution in [2.45, 2.75) is 13.5 Å². The third-order valence-corrected chi connectivity index (χ3v) is 2.41. The first kappa shape index (κ1) is 9.73. The summed E-state index contributed by atoms with van der Waals surface area (Å²) in [5.74, 6) is -2.42. The van der Waals surface area contributed by atoms with Crippen molar-refractivity contribution in [1.29, 1.82) is 0 Å². The van der Waals surface area contributed by atoms with Gasteiger partial charge in [0, 0.05) is 9.75 Å². The van der Waals surface area contributed by atoms with E-state index in [9.17, 15) is 9.59 Å². The summed E-state index contributed by atoms with van der Waals surface area (Å²) in [6.45, 7) is 2.23. The number of thiophene rings is 1. The van der Waals surface area contributed by atoms with E-state index in [1.54, 1.807) is 0 Å². The number of hydrogen-bond donors (Lipinski definition) is 2. The quantitative estimate of drug-likeness (QED) is 0.691. The number of nitrogens with one attached hydrogen (secondary N) is 1. The van der Waals surface area contributed by atoms with E-state index in [0.717, 1.165) is 9.75 Å². The molecule has 1 heterocycles. The molecule has 2 N–H and O–H groups in total. The molecule has 0 spiro atoms. The third-order valence-electron chi connectivity index (χ3n) is 1.41. The predicted octanol–water partition coefficient (Wildman–Crippen LogP) is 0.757. The van der Waals surface area contributed by atoms with Gasteiger partial charge in [0.1, 0.15) is 0 Å². The molecular weight excluding hydrogens is 190 g/mol. The fraction of sp³-hybridized carbons (Fsp3) is 0.250. The van der Waals surface area contributed by atoms with Crippen LogP contribution in [0, 0.1) is 6.92 Å². The zero-order valence-corrected chi connectivity index (χ0v) is 7.85. The molecule has 0 atom stereocenters. The number of carbonyl (C=O) groups excluding carboxylic acids is 1. The van der Waals surface area contributed by atoms with Crippen molar-refractivity contribution < 1.29 is 14.7 Å². The SMILES string of the molecule is Cc1ccc(CNC(=O)C(=O)O)s1. The van der Waals surface area contributed by atoms with Gasteiger partial charge in [0.05, 0.1) is 6.54 Å². The Labute approximate surface area is 79.2 Å². The fourth-order valence-electron chi connectivity index (χ4n) is 0.823. The van der Waals surface area contributed by atoms with Crippen molar-refractivity contribution in [2.24, 2.45) is 0 Å². The number of amides is 1. The van der Waals surface area contributed by atoms with E-state index in [2.05, 4.69) is 5.32 Å². The Morgan fingerprint density at radius 2 is 2.23 bits per heavy atom. The normalized spacial score (nSPS) is 9.62. The second kappa shape index (κ2) is 4.04. The highest BCUT2D eigenvalue weighted by Gasteiger charge is 2.09. The monoisotopic (exact) mass is 199 g/mol. The van der Waals surface area contributed by atoms with E-state index in [-0.39, 0.29) is 6.54 Å². The first-order valence-corrected chi connectivity index (χ1v) is 4.47. The lowest BCUT2D eigenvalue weighted by molar-refractivity contribution is -0.150. The lowest BCUT2D eigenvalue weighted by Gasteiger charge is -1.97. The Balaban J connectivity index is 2.44. The summed E-state index contributed by atoms with van der Waals surface area (Å²) in [6.07, 6.45) is 0. The number of carbonyl (C=O) groups is 2. The van der Waals surface area contributed by atoms with Gasteiger partial charge in [-0.2, -0.15) is 0 Å². The van der Waals surface area contributed by atoms with Gasteiger partial charge >= 0.3 is 11.9 Å². The van der Waals surface area contributed by atoms with Crippen molar-refractivity contribution in [3.8, 4) is 0 Å². The Morgan fingerprint density at radius 3 is 2.69 bits per heavy atom.